The summed E-state index contributed by atoms with van der Waals surface area (Å²) in [6.07, 6.45) is 2.16. The van der Waals surface area contributed by atoms with Crippen LogP contribution in [0.1, 0.15) is 11.3 Å². The zero-order chi connectivity index (χ0) is 14.8. The van der Waals surface area contributed by atoms with Crippen molar-refractivity contribution in [2.75, 3.05) is 0 Å². The number of rotatable bonds is 3. The Morgan fingerprint density at radius 3 is 2.67 bits per heavy atom. The number of aromatic nitrogens is 2. The molecule has 0 aliphatic rings. The van der Waals surface area contributed by atoms with E-state index < -0.39 is 0 Å². The number of nitrogens with zero attached hydrogens (tertiary/aromatic N) is 1. The van der Waals surface area contributed by atoms with Gasteiger partial charge in [-0.1, -0.05) is 34.4 Å². The maximum Gasteiger partial charge on any atom is 0.247 e. The van der Waals surface area contributed by atoms with Crippen LogP contribution in [0.4, 0.5) is 0 Å². The van der Waals surface area contributed by atoms with Crippen LogP contribution in [0.5, 0.6) is 0 Å². The molecule has 106 valence electrons. The summed E-state index contributed by atoms with van der Waals surface area (Å²) < 4.78 is 5.31. The van der Waals surface area contributed by atoms with Gasteiger partial charge >= 0.3 is 0 Å². The minimum atomic E-state index is -0.154. The lowest BCUT2D eigenvalue weighted by Crippen LogP contribution is -2.01. The van der Waals surface area contributed by atoms with Gasteiger partial charge in [0.05, 0.1) is 10.0 Å². The molecule has 2 aromatic heterocycles. The summed E-state index contributed by atoms with van der Waals surface area (Å²) in [5.74, 6) is 0.703. The number of hydrogen-bond donors (Lipinski definition) is 1. The molecular formula is C15H10Cl2N2O2. The first-order valence-electron chi connectivity index (χ1n) is 6.20. The average Bonchev–Trinajstić information content (AvgIpc) is 2.92. The molecule has 21 heavy (non-hydrogen) atoms. The molecule has 0 atom stereocenters. The van der Waals surface area contributed by atoms with Gasteiger partial charge in [0, 0.05) is 30.3 Å². The van der Waals surface area contributed by atoms with Crippen LogP contribution >= 0.6 is 23.2 Å². The Bertz CT molecular complexity index is 819. The zero-order valence-corrected chi connectivity index (χ0v) is 12.3. The van der Waals surface area contributed by atoms with Crippen molar-refractivity contribution in [1.29, 1.82) is 0 Å². The molecule has 0 saturated heterocycles. The molecule has 0 saturated carbocycles. The monoisotopic (exact) mass is 320 g/mol. The first-order valence-corrected chi connectivity index (χ1v) is 6.96. The van der Waals surface area contributed by atoms with Gasteiger partial charge < -0.3 is 9.51 Å². The third-order valence-electron chi connectivity index (χ3n) is 3.00. The first kappa shape index (κ1) is 13.9. The van der Waals surface area contributed by atoms with Crippen LogP contribution in [0, 0.1) is 0 Å². The lowest BCUT2D eigenvalue weighted by atomic mass is 10.1. The van der Waals surface area contributed by atoms with Crippen molar-refractivity contribution in [1.82, 2.24) is 10.1 Å². The minimum Gasteiger partial charge on any atom is -0.360 e. The number of pyridine rings is 1. The highest BCUT2D eigenvalue weighted by Crippen LogP contribution is 2.25. The van der Waals surface area contributed by atoms with E-state index in [1.807, 2.05) is 12.1 Å². The Balaban J connectivity index is 1.83. The SMILES string of the molecule is O=c1ccc(-c2cc(Cc3ccc(Cl)c(Cl)c3)on2)c[nH]1. The van der Waals surface area contributed by atoms with Gasteiger partial charge in [0.25, 0.3) is 0 Å². The summed E-state index contributed by atoms with van der Waals surface area (Å²) in [7, 11) is 0. The molecule has 4 nitrogen and oxygen atoms in total. The molecule has 0 aliphatic carbocycles. The van der Waals surface area contributed by atoms with Crippen LogP contribution in [0.3, 0.4) is 0 Å². The van der Waals surface area contributed by atoms with Crippen molar-refractivity contribution < 1.29 is 4.52 Å². The Labute approximate surface area is 130 Å². The number of H-pyrrole nitrogens is 1. The van der Waals surface area contributed by atoms with E-state index in [2.05, 4.69) is 10.1 Å². The maximum atomic E-state index is 11.0. The summed E-state index contributed by atoms with van der Waals surface area (Å²) in [6, 6.07) is 10.4. The summed E-state index contributed by atoms with van der Waals surface area (Å²) >= 11 is 11.9. The van der Waals surface area contributed by atoms with Gasteiger partial charge in [0.1, 0.15) is 11.5 Å². The second-order valence-corrected chi connectivity index (χ2v) is 5.36. The zero-order valence-electron chi connectivity index (χ0n) is 10.8. The predicted molar refractivity (Wildman–Crippen MR) is 81.8 cm³/mol. The van der Waals surface area contributed by atoms with Gasteiger partial charge in [-0.05, 0) is 23.8 Å². The molecule has 3 rings (SSSR count). The lowest BCUT2D eigenvalue weighted by molar-refractivity contribution is 0.391. The van der Waals surface area contributed by atoms with Gasteiger partial charge in [0.2, 0.25) is 5.56 Å². The van der Waals surface area contributed by atoms with Crippen molar-refractivity contribution in [2.45, 2.75) is 6.42 Å². The quantitative estimate of drug-likeness (QED) is 0.795. The van der Waals surface area contributed by atoms with E-state index in [1.165, 1.54) is 6.07 Å². The number of halogens is 2. The van der Waals surface area contributed by atoms with E-state index in [1.54, 1.807) is 24.4 Å². The molecule has 0 spiro atoms. The lowest BCUT2D eigenvalue weighted by Gasteiger charge is -2.00. The van der Waals surface area contributed by atoms with Gasteiger partial charge in [-0.25, -0.2) is 0 Å². The Hall–Kier alpha value is -2.04. The summed E-state index contributed by atoms with van der Waals surface area (Å²) in [5, 5.41) is 5.03. The minimum absolute atomic E-state index is 0.154. The highest BCUT2D eigenvalue weighted by molar-refractivity contribution is 6.42. The Kier molecular flexibility index (Phi) is 3.82. The molecule has 6 heteroatoms. The summed E-state index contributed by atoms with van der Waals surface area (Å²) in [6.45, 7) is 0. The number of hydrogen-bond acceptors (Lipinski definition) is 3. The average molecular weight is 321 g/mol. The maximum absolute atomic E-state index is 11.0. The molecule has 0 amide bonds. The topological polar surface area (TPSA) is 58.9 Å². The predicted octanol–water partition coefficient (Wildman–Crippen LogP) is 3.93. The molecular weight excluding hydrogens is 311 g/mol. The molecule has 0 unspecified atom stereocenters. The van der Waals surface area contributed by atoms with Crippen LogP contribution in [0.15, 0.2) is 51.9 Å². The van der Waals surface area contributed by atoms with Crippen molar-refractivity contribution in [2.24, 2.45) is 0 Å². The second-order valence-electron chi connectivity index (χ2n) is 4.55. The van der Waals surface area contributed by atoms with Gasteiger partial charge in [-0.3, -0.25) is 4.79 Å². The summed E-state index contributed by atoms with van der Waals surface area (Å²) in [4.78, 5) is 13.6. The standard InChI is InChI=1S/C15H10Cl2N2O2/c16-12-3-1-9(6-13(12)17)5-11-7-14(19-21-11)10-2-4-15(20)18-8-10/h1-4,6-8H,5H2,(H,18,20). The molecule has 3 aromatic rings. The fourth-order valence-corrected chi connectivity index (χ4v) is 2.27. The van der Waals surface area contributed by atoms with E-state index in [9.17, 15) is 4.79 Å². The fourth-order valence-electron chi connectivity index (χ4n) is 1.95. The van der Waals surface area contributed by atoms with Crippen LogP contribution in [0.2, 0.25) is 10.0 Å². The van der Waals surface area contributed by atoms with Crippen LogP contribution in [0.25, 0.3) is 11.3 Å². The molecule has 0 radical (unpaired) electrons. The second kappa shape index (κ2) is 5.76. The van der Waals surface area contributed by atoms with Crippen LogP contribution < -0.4 is 5.56 Å². The Morgan fingerprint density at radius 1 is 1.10 bits per heavy atom. The third kappa shape index (κ3) is 3.17. The smallest absolute Gasteiger partial charge is 0.247 e. The Morgan fingerprint density at radius 2 is 1.95 bits per heavy atom. The molecule has 0 aliphatic heterocycles. The number of nitrogens with one attached hydrogen (secondary N) is 1. The van der Waals surface area contributed by atoms with Crippen molar-refractivity contribution in [3.8, 4) is 11.3 Å². The van der Waals surface area contributed by atoms with Gasteiger partial charge in [0.15, 0.2) is 0 Å². The molecule has 0 fully saturated rings. The molecule has 0 bridgehead atoms. The number of benzene rings is 1. The van der Waals surface area contributed by atoms with E-state index in [-0.39, 0.29) is 5.56 Å². The molecule has 1 N–H and O–H groups in total. The van der Waals surface area contributed by atoms with Gasteiger partial charge in [-0.15, -0.1) is 0 Å². The van der Waals surface area contributed by atoms with Crippen LogP contribution in [-0.4, -0.2) is 10.1 Å². The first-order chi connectivity index (χ1) is 10.1. The molecule has 1 aromatic carbocycles. The van der Waals surface area contributed by atoms with Crippen LogP contribution in [-0.2, 0) is 6.42 Å². The van der Waals surface area contributed by atoms with Crippen molar-refractivity contribution in [3.63, 3.8) is 0 Å². The van der Waals surface area contributed by atoms with E-state index in [4.69, 9.17) is 27.7 Å². The summed E-state index contributed by atoms with van der Waals surface area (Å²) in [5.41, 5.74) is 2.28. The van der Waals surface area contributed by atoms with E-state index in [0.29, 0.717) is 27.9 Å². The number of aromatic amines is 1. The normalized spacial score (nSPS) is 10.8. The third-order valence-corrected chi connectivity index (χ3v) is 3.74. The van der Waals surface area contributed by atoms with E-state index >= 15 is 0 Å². The highest BCUT2D eigenvalue weighted by atomic mass is 35.5. The fraction of sp³-hybridized carbons (Fsp3) is 0.0667. The molecule has 2 heterocycles. The van der Waals surface area contributed by atoms with Crippen molar-refractivity contribution in [3.05, 3.63) is 74.3 Å². The van der Waals surface area contributed by atoms with E-state index in [0.717, 1.165) is 11.1 Å². The van der Waals surface area contributed by atoms with Crippen molar-refractivity contribution >= 4 is 23.2 Å². The largest absolute Gasteiger partial charge is 0.360 e. The van der Waals surface area contributed by atoms with Gasteiger partial charge in [-0.2, -0.15) is 0 Å². The highest BCUT2D eigenvalue weighted by Gasteiger charge is 2.08.